The van der Waals surface area contributed by atoms with Gasteiger partial charge in [-0.05, 0) is 49.4 Å². The molecule has 0 aromatic heterocycles. The van der Waals surface area contributed by atoms with Crippen molar-refractivity contribution in [1.82, 2.24) is 5.32 Å². The molecular weight excluding hydrogens is 326 g/mol. The normalized spacial score (nSPS) is 18.0. The zero-order valence-electron chi connectivity index (χ0n) is 13.5. The molecule has 118 valence electrons. The molecule has 0 amide bonds. The van der Waals surface area contributed by atoms with Gasteiger partial charge in [0.1, 0.15) is 11.9 Å². The van der Waals surface area contributed by atoms with Crippen molar-refractivity contribution in [3.8, 4) is 5.75 Å². The Labute approximate surface area is 137 Å². The molecule has 2 nitrogen and oxygen atoms in total. The first-order valence-electron chi connectivity index (χ1n) is 8.25. The molecule has 0 spiro atoms. The fraction of sp³-hybridized carbons (Fsp3) is 0.667. The van der Waals surface area contributed by atoms with Gasteiger partial charge in [0.15, 0.2) is 0 Å². The van der Waals surface area contributed by atoms with Gasteiger partial charge in [0.05, 0.1) is 0 Å². The van der Waals surface area contributed by atoms with Crippen LogP contribution in [0.25, 0.3) is 0 Å². The first-order chi connectivity index (χ1) is 10.1. The number of halogens is 1. The molecule has 0 bridgehead atoms. The molecule has 1 aromatic carbocycles. The maximum atomic E-state index is 6.17. The summed E-state index contributed by atoms with van der Waals surface area (Å²) in [7, 11) is 0. The smallest absolute Gasteiger partial charge is 0.123 e. The summed E-state index contributed by atoms with van der Waals surface area (Å²) in [6.45, 7) is 7.50. The summed E-state index contributed by atoms with van der Waals surface area (Å²) in [5.41, 5.74) is 1.27. The first kappa shape index (κ1) is 16.8. The zero-order chi connectivity index (χ0) is 15.2. The van der Waals surface area contributed by atoms with E-state index in [0.29, 0.717) is 12.0 Å². The summed E-state index contributed by atoms with van der Waals surface area (Å²) < 4.78 is 7.29. The average Bonchev–Trinajstić information content (AvgIpc) is 2.48. The van der Waals surface area contributed by atoms with E-state index in [1.165, 1.54) is 37.7 Å². The second kappa shape index (κ2) is 8.19. The van der Waals surface area contributed by atoms with Crippen LogP contribution in [0.3, 0.4) is 0 Å². The monoisotopic (exact) mass is 353 g/mol. The molecule has 1 aromatic rings. The fourth-order valence-electron chi connectivity index (χ4n) is 2.98. The maximum absolute atomic E-state index is 6.17. The van der Waals surface area contributed by atoms with Crippen LogP contribution in [0.15, 0.2) is 22.7 Å². The van der Waals surface area contributed by atoms with Crippen molar-refractivity contribution in [2.24, 2.45) is 0 Å². The van der Waals surface area contributed by atoms with Crippen LogP contribution in [0.2, 0.25) is 0 Å². The van der Waals surface area contributed by atoms with E-state index in [-0.39, 0.29) is 6.10 Å². The number of rotatable bonds is 6. The van der Waals surface area contributed by atoms with Gasteiger partial charge in [-0.25, -0.2) is 0 Å². The molecule has 1 atom stereocenters. The summed E-state index contributed by atoms with van der Waals surface area (Å²) in [4.78, 5) is 0. The molecule has 1 aliphatic rings. The number of hydrogen-bond donors (Lipinski definition) is 1. The summed E-state index contributed by atoms with van der Waals surface area (Å²) in [6, 6.07) is 7.00. The summed E-state index contributed by atoms with van der Waals surface area (Å²) in [6.07, 6.45) is 6.99. The minimum Gasteiger partial charge on any atom is -0.489 e. The van der Waals surface area contributed by atoms with E-state index < -0.39 is 0 Å². The predicted molar refractivity (Wildman–Crippen MR) is 93.2 cm³/mol. The molecule has 21 heavy (non-hydrogen) atoms. The topological polar surface area (TPSA) is 21.3 Å². The van der Waals surface area contributed by atoms with Crippen LogP contribution in [0, 0.1) is 0 Å². The highest BCUT2D eigenvalue weighted by Gasteiger charge is 2.15. The molecule has 1 N–H and O–H groups in total. The van der Waals surface area contributed by atoms with E-state index in [4.69, 9.17) is 4.74 Å². The Balaban J connectivity index is 1.88. The van der Waals surface area contributed by atoms with E-state index in [2.05, 4.69) is 60.2 Å². The minimum atomic E-state index is 0.200. The van der Waals surface area contributed by atoms with Crippen LogP contribution < -0.4 is 10.1 Å². The molecule has 0 aliphatic heterocycles. The van der Waals surface area contributed by atoms with Gasteiger partial charge in [-0.15, -0.1) is 0 Å². The third-order valence-corrected chi connectivity index (χ3v) is 4.71. The molecule has 1 fully saturated rings. The maximum Gasteiger partial charge on any atom is 0.123 e. The quantitative estimate of drug-likeness (QED) is 0.752. The van der Waals surface area contributed by atoms with Crippen LogP contribution in [-0.4, -0.2) is 18.7 Å². The predicted octanol–water partition coefficient (Wildman–Crippen LogP) is 5.26. The van der Waals surface area contributed by atoms with Crippen molar-refractivity contribution < 1.29 is 4.74 Å². The number of hydrogen-bond acceptors (Lipinski definition) is 2. The Morgan fingerprint density at radius 3 is 2.57 bits per heavy atom. The van der Waals surface area contributed by atoms with Crippen LogP contribution in [0.5, 0.6) is 5.75 Å². The number of nitrogens with one attached hydrogen (secondary N) is 1. The second-order valence-corrected chi connectivity index (χ2v) is 7.42. The lowest BCUT2D eigenvalue weighted by Crippen LogP contribution is -2.37. The van der Waals surface area contributed by atoms with Gasteiger partial charge in [-0.3, -0.25) is 0 Å². The van der Waals surface area contributed by atoms with Crippen molar-refractivity contribution in [3.05, 3.63) is 28.2 Å². The van der Waals surface area contributed by atoms with Gasteiger partial charge in [0, 0.05) is 17.1 Å². The van der Waals surface area contributed by atoms with Crippen molar-refractivity contribution in [1.29, 1.82) is 0 Å². The van der Waals surface area contributed by atoms with Gasteiger partial charge in [0.2, 0.25) is 0 Å². The lowest BCUT2D eigenvalue weighted by atomic mass is 9.95. The molecule has 3 heteroatoms. The Kier molecular flexibility index (Phi) is 6.56. The number of ether oxygens (including phenoxy) is 1. The van der Waals surface area contributed by atoms with Crippen molar-refractivity contribution in [2.45, 2.75) is 70.9 Å². The van der Waals surface area contributed by atoms with E-state index in [1.54, 1.807) is 0 Å². The van der Waals surface area contributed by atoms with Crippen molar-refractivity contribution in [3.63, 3.8) is 0 Å². The standard InChI is InChI=1S/C18H28BrNO/c1-13(2)17-11-15(19)9-10-18(17)21-14(3)12-20-16-7-5-4-6-8-16/h9-11,13-14,16,20H,4-8,12H2,1-3H3. The minimum absolute atomic E-state index is 0.200. The molecule has 2 rings (SSSR count). The molecular formula is C18H28BrNO. The van der Waals surface area contributed by atoms with E-state index in [1.807, 2.05) is 0 Å². The largest absolute Gasteiger partial charge is 0.489 e. The Bertz CT molecular complexity index is 441. The fourth-order valence-corrected chi connectivity index (χ4v) is 3.35. The van der Waals surface area contributed by atoms with Gasteiger partial charge >= 0.3 is 0 Å². The zero-order valence-corrected chi connectivity index (χ0v) is 15.1. The molecule has 0 saturated heterocycles. The van der Waals surface area contributed by atoms with Crippen LogP contribution in [0.4, 0.5) is 0 Å². The van der Waals surface area contributed by atoms with Crippen molar-refractivity contribution >= 4 is 15.9 Å². The second-order valence-electron chi connectivity index (χ2n) is 6.51. The molecule has 1 aliphatic carbocycles. The third-order valence-electron chi connectivity index (χ3n) is 4.22. The molecule has 0 radical (unpaired) electrons. The average molecular weight is 354 g/mol. The Hall–Kier alpha value is -0.540. The Morgan fingerprint density at radius 1 is 1.19 bits per heavy atom. The summed E-state index contributed by atoms with van der Waals surface area (Å²) in [5, 5.41) is 3.67. The number of benzene rings is 1. The first-order valence-corrected chi connectivity index (χ1v) is 9.05. The Morgan fingerprint density at radius 2 is 1.90 bits per heavy atom. The SMILES string of the molecule is CC(CNC1CCCCC1)Oc1ccc(Br)cc1C(C)C. The van der Waals surface area contributed by atoms with E-state index in [9.17, 15) is 0 Å². The highest BCUT2D eigenvalue weighted by Crippen LogP contribution is 2.30. The summed E-state index contributed by atoms with van der Waals surface area (Å²) >= 11 is 3.55. The van der Waals surface area contributed by atoms with Crippen LogP contribution in [-0.2, 0) is 0 Å². The third kappa shape index (κ3) is 5.30. The van der Waals surface area contributed by atoms with E-state index in [0.717, 1.165) is 16.8 Å². The van der Waals surface area contributed by atoms with Crippen LogP contribution in [0.1, 0.15) is 64.4 Å². The molecule has 1 saturated carbocycles. The molecule has 1 unspecified atom stereocenters. The van der Waals surface area contributed by atoms with Gasteiger partial charge < -0.3 is 10.1 Å². The van der Waals surface area contributed by atoms with E-state index >= 15 is 0 Å². The summed E-state index contributed by atoms with van der Waals surface area (Å²) in [5.74, 6) is 1.49. The van der Waals surface area contributed by atoms with Crippen molar-refractivity contribution in [2.75, 3.05) is 6.54 Å². The van der Waals surface area contributed by atoms with Crippen LogP contribution >= 0.6 is 15.9 Å². The highest BCUT2D eigenvalue weighted by atomic mass is 79.9. The molecule has 0 heterocycles. The lowest BCUT2D eigenvalue weighted by molar-refractivity contribution is 0.203. The highest BCUT2D eigenvalue weighted by molar-refractivity contribution is 9.10. The van der Waals surface area contributed by atoms with Gasteiger partial charge in [0.25, 0.3) is 0 Å². The van der Waals surface area contributed by atoms with Gasteiger partial charge in [-0.1, -0.05) is 49.0 Å². The lowest BCUT2D eigenvalue weighted by Gasteiger charge is -2.25. The van der Waals surface area contributed by atoms with Gasteiger partial charge in [-0.2, -0.15) is 0 Å².